The first-order valence-corrected chi connectivity index (χ1v) is 13.5. The molecule has 0 bridgehead atoms. The first-order valence-electron chi connectivity index (χ1n) is 13.5. The minimum absolute atomic E-state index is 0.145. The van der Waals surface area contributed by atoms with Crippen molar-refractivity contribution in [2.24, 2.45) is 16.8 Å². The molecule has 7 heteroatoms. The number of piperidine rings is 1. The molecule has 7 rings (SSSR count). The molecule has 188 valence electrons. The van der Waals surface area contributed by atoms with Crippen LogP contribution in [-0.4, -0.2) is 62.8 Å². The van der Waals surface area contributed by atoms with Gasteiger partial charge in [0, 0.05) is 42.9 Å². The summed E-state index contributed by atoms with van der Waals surface area (Å²) in [7, 11) is 0. The predicted molar refractivity (Wildman–Crippen MR) is 142 cm³/mol. The van der Waals surface area contributed by atoms with Gasteiger partial charge in [-0.1, -0.05) is 48.5 Å². The highest BCUT2D eigenvalue weighted by Gasteiger charge is 2.57. The summed E-state index contributed by atoms with van der Waals surface area (Å²) >= 11 is 0. The first kappa shape index (κ1) is 22.5. The van der Waals surface area contributed by atoms with Crippen molar-refractivity contribution in [1.29, 1.82) is 0 Å². The van der Waals surface area contributed by atoms with Crippen LogP contribution in [0.3, 0.4) is 0 Å². The van der Waals surface area contributed by atoms with Gasteiger partial charge in [0.2, 0.25) is 5.91 Å². The summed E-state index contributed by atoms with van der Waals surface area (Å²) in [4.78, 5) is 35.0. The topological polar surface area (TPSA) is 81.7 Å². The summed E-state index contributed by atoms with van der Waals surface area (Å²) in [6, 6.07) is 16.9. The van der Waals surface area contributed by atoms with Gasteiger partial charge in [0.1, 0.15) is 11.4 Å². The number of nitrogens with zero attached hydrogens (tertiary/aromatic N) is 4. The second-order valence-corrected chi connectivity index (χ2v) is 11.1. The quantitative estimate of drug-likeness (QED) is 0.548. The maximum absolute atomic E-state index is 13.4. The van der Waals surface area contributed by atoms with E-state index in [1.165, 1.54) is 0 Å². The molecule has 1 atom stereocenters. The fraction of sp³-hybridized carbons (Fsp3) is 0.400. The Morgan fingerprint density at radius 1 is 0.919 bits per heavy atom. The number of hydrogen-bond donors (Lipinski definition) is 1. The van der Waals surface area contributed by atoms with Gasteiger partial charge < -0.3 is 4.90 Å². The van der Waals surface area contributed by atoms with Crippen LogP contribution in [0.25, 0.3) is 22.3 Å². The normalized spacial score (nSPS) is 22.4. The Kier molecular flexibility index (Phi) is 5.27. The Bertz CT molecular complexity index is 1350. The molecule has 2 amide bonds. The van der Waals surface area contributed by atoms with E-state index in [4.69, 9.17) is 4.99 Å². The molecule has 1 N–H and O–H groups in total. The molecule has 2 saturated carbocycles. The monoisotopic (exact) mass is 493 g/mol. The van der Waals surface area contributed by atoms with E-state index in [2.05, 4.69) is 58.7 Å². The van der Waals surface area contributed by atoms with Crippen molar-refractivity contribution in [2.45, 2.75) is 44.1 Å². The van der Waals surface area contributed by atoms with Crippen LogP contribution in [0.2, 0.25) is 0 Å². The number of aromatic nitrogens is 2. The fourth-order valence-corrected chi connectivity index (χ4v) is 5.83. The van der Waals surface area contributed by atoms with Crippen LogP contribution in [0.1, 0.15) is 44.1 Å². The number of amidine groups is 1. The predicted octanol–water partition coefficient (Wildman–Crippen LogP) is 4.51. The van der Waals surface area contributed by atoms with Gasteiger partial charge in [0.05, 0.1) is 6.20 Å². The van der Waals surface area contributed by atoms with Crippen molar-refractivity contribution in [1.82, 2.24) is 20.0 Å². The lowest BCUT2D eigenvalue weighted by atomic mass is 9.96. The van der Waals surface area contributed by atoms with Crippen molar-refractivity contribution >= 4 is 17.6 Å². The number of carbonyl (C=O) groups is 2. The largest absolute Gasteiger partial charge is 0.342 e. The Hall–Kier alpha value is -3.74. The smallest absolute Gasteiger partial charge is 0.256 e. The molecule has 2 aromatic carbocycles. The number of hydrogen-bond acceptors (Lipinski definition) is 4. The van der Waals surface area contributed by atoms with E-state index in [1.807, 2.05) is 22.2 Å². The third kappa shape index (κ3) is 4.16. The minimum Gasteiger partial charge on any atom is -0.342 e. The molecule has 2 aliphatic carbocycles. The van der Waals surface area contributed by atoms with Crippen molar-refractivity contribution in [3.05, 3.63) is 66.5 Å². The third-order valence-electron chi connectivity index (χ3n) is 8.33. The molecule has 0 radical (unpaired) electrons. The van der Waals surface area contributed by atoms with Crippen LogP contribution < -0.4 is 0 Å². The number of aromatic amines is 1. The standard InChI is InChI=1S/C30H31N5O2/c36-28(25-11-12-25)34-15-1-2-20(18-34)19-35-27(33-30(13-14-30)29(35)37)24-9-7-22(8-10-24)21-3-5-23(6-4-21)26-16-31-32-17-26/h3-10,16-17,20,25H,1-2,11-15,18-19H2,(H,31,32)/t20-/m0/s1. The molecule has 4 aliphatic rings. The highest BCUT2D eigenvalue weighted by atomic mass is 16.2. The van der Waals surface area contributed by atoms with Gasteiger partial charge in [-0.25, -0.2) is 0 Å². The van der Waals surface area contributed by atoms with Crippen LogP contribution in [0.5, 0.6) is 0 Å². The van der Waals surface area contributed by atoms with E-state index in [0.29, 0.717) is 18.4 Å². The maximum Gasteiger partial charge on any atom is 0.256 e. The van der Waals surface area contributed by atoms with Gasteiger partial charge in [0.25, 0.3) is 5.91 Å². The van der Waals surface area contributed by atoms with Crippen molar-refractivity contribution in [2.75, 3.05) is 19.6 Å². The van der Waals surface area contributed by atoms with Crippen LogP contribution in [0, 0.1) is 11.8 Å². The molecule has 1 saturated heterocycles. The lowest BCUT2D eigenvalue weighted by Crippen LogP contribution is -2.46. The third-order valence-corrected chi connectivity index (χ3v) is 8.33. The number of carbonyl (C=O) groups excluding carboxylic acids is 2. The SMILES string of the molecule is O=C(C1CC1)N1CCC[C@H](CN2C(=O)C3(CC3)N=C2c2ccc(-c3ccc(-c4cn[nH]c4)cc3)cc2)C1. The number of aliphatic imine (C=N–C) groups is 1. The average molecular weight is 494 g/mol. The van der Waals surface area contributed by atoms with E-state index in [9.17, 15) is 9.59 Å². The second kappa shape index (κ2) is 8.68. The molecule has 1 spiro atoms. The van der Waals surface area contributed by atoms with Crippen LogP contribution in [0.15, 0.2) is 65.9 Å². The summed E-state index contributed by atoms with van der Waals surface area (Å²) in [6.07, 6.45) is 9.52. The zero-order chi connectivity index (χ0) is 25.0. The van der Waals surface area contributed by atoms with Gasteiger partial charge in [0.15, 0.2) is 0 Å². The van der Waals surface area contributed by atoms with E-state index < -0.39 is 5.54 Å². The summed E-state index contributed by atoms with van der Waals surface area (Å²) in [5.41, 5.74) is 4.91. The van der Waals surface area contributed by atoms with E-state index in [-0.39, 0.29) is 11.8 Å². The Morgan fingerprint density at radius 2 is 1.57 bits per heavy atom. The van der Waals surface area contributed by atoms with E-state index in [0.717, 1.165) is 85.3 Å². The van der Waals surface area contributed by atoms with Gasteiger partial charge in [-0.3, -0.25) is 24.6 Å². The summed E-state index contributed by atoms with van der Waals surface area (Å²) in [6.45, 7) is 2.26. The van der Waals surface area contributed by atoms with Crippen LogP contribution >= 0.6 is 0 Å². The van der Waals surface area contributed by atoms with E-state index in [1.54, 1.807) is 0 Å². The van der Waals surface area contributed by atoms with Crippen LogP contribution in [-0.2, 0) is 9.59 Å². The second-order valence-electron chi connectivity index (χ2n) is 11.1. The van der Waals surface area contributed by atoms with Gasteiger partial charge in [-0.15, -0.1) is 0 Å². The Balaban J connectivity index is 1.09. The van der Waals surface area contributed by atoms with E-state index >= 15 is 0 Å². The molecule has 3 fully saturated rings. The molecule has 1 aromatic heterocycles. The average Bonchev–Trinajstić information content (AvgIpc) is 3.86. The number of likely N-dealkylation sites (tertiary alicyclic amines) is 1. The highest BCUT2D eigenvalue weighted by Crippen LogP contribution is 2.46. The van der Waals surface area contributed by atoms with Crippen molar-refractivity contribution in [3.63, 3.8) is 0 Å². The van der Waals surface area contributed by atoms with Gasteiger partial charge in [-0.05, 0) is 61.1 Å². The Labute approximate surface area is 216 Å². The molecular formula is C30H31N5O2. The molecule has 7 nitrogen and oxygen atoms in total. The van der Waals surface area contributed by atoms with Crippen molar-refractivity contribution in [3.8, 4) is 22.3 Å². The molecule has 0 unspecified atom stereocenters. The molecule has 37 heavy (non-hydrogen) atoms. The summed E-state index contributed by atoms with van der Waals surface area (Å²) < 4.78 is 0. The Morgan fingerprint density at radius 3 is 2.16 bits per heavy atom. The number of benzene rings is 2. The lowest BCUT2D eigenvalue weighted by Gasteiger charge is -2.35. The molecular weight excluding hydrogens is 462 g/mol. The summed E-state index contributed by atoms with van der Waals surface area (Å²) in [5, 5.41) is 6.89. The molecule has 3 aromatic rings. The first-order chi connectivity index (χ1) is 18.1. The zero-order valence-electron chi connectivity index (χ0n) is 20.9. The van der Waals surface area contributed by atoms with Gasteiger partial charge >= 0.3 is 0 Å². The number of nitrogens with one attached hydrogen (secondary N) is 1. The summed E-state index contributed by atoms with van der Waals surface area (Å²) in [5.74, 6) is 1.81. The van der Waals surface area contributed by atoms with Gasteiger partial charge in [-0.2, -0.15) is 5.10 Å². The maximum atomic E-state index is 13.4. The highest BCUT2D eigenvalue weighted by molar-refractivity contribution is 6.16. The minimum atomic E-state index is -0.533. The number of amides is 2. The molecule has 3 heterocycles. The van der Waals surface area contributed by atoms with Crippen molar-refractivity contribution < 1.29 is 9.59 Å². The van der Waals surface area contributed by atoms with Crippen LogP contribution in [0.4, 0.5) is 0 Å². The zero-order valence-corrected chi connectivity index (χ0v) is 20.9. The number of H-pyrrole nitrogens is 1. The fourth-order valence-electron chi connectivity index (χ4n) is 5.83. The molecule has 2 aliphatic heterocycles. The number of rotatable bonds is 6. The lowest BCUT2D eigenvalue weighted by molar-refractivity contribution is -0.134.